The van der Waals surface area contributed by atoms with Gasteiger partial charge in [-0.25, -0.2) is 18.7 Å². The number of aromatic nitrogens is 2. The largest absolute Gasteiger partial charge is 0.477 e. The number of benzene rings is 1. The first-order valence-corrected chi connectivity index (χ1v) is 7.80. The van der Waals surface area contributed by atoms with E-state index < -0.39 is 11.6 Å². The molecule has 1 fully saturated rings. The molecule has 1 unspecified atom stereocenters. The number of methoxy groups -OCH3 is 1. The highest BCUT2D eigenvalue weighted by Crippen LogP contribution is 2.24. The summed E-state index contributed by atoms with van der Waals surface area (Å²) in [5.41, 5.74) is 0.173. The van der Waals surface area contributed by atoms with Crippen molar-refractivity contribution in [3.05, 3.63) is 47.8 Å². The van der Waals surface area contributed by atoms with E-state index in [9.17, 15) is 13.6 Å². The Morgan fingerprint density at radius 1 is 1.28 bits per heavy atom. The first-order chi connectivity index (χ1) is 12.1. The van der Waals surface area contributed by atoms with Gasteiger partial charge in [-0.2, -0.15) is 0 Å². The van der Waals surface area contributed by atoms with Crippen molar-refractivity contribution in [1.29, 1.82) is 0 Å². The molecule has 0 radical (unpaired) electrons. The van der Waals surface area contributed by atoms with Crippen molar-refractivity contribution in [2.24, 2.45) is 0 Å². The Bertz CT molecular complexity index is 773. The van der Waals surface area contributed by atoms with Gasteiger partial charge in [0.2, 0.25) is 5.91 Å². The molecule has 0 spiro atoms. The van der Waals surface area contributed by atoms with E-state index in [2.05, 4.69) is 9.97 Å². The summed E-state index contributed by atoms with van der Waals surface area (Å²) >= 11 is 0. The summed E-state index contributed by atoms with van der Waals surface area (Å²) < 4.78 is 37.4. The molecule has 8 heteroatoms. The molecule has 132 valence electrons. The number of rotatable bonds is 5. The highest BCUT2D eigenvalue weighted by atomic mass is 19.1. The molecular formula is C17H17F2N3O3. The number of ether oxygens (including phenoxy) is 2. The molecule has 2 heterocycles. The molecule has 2 aromatic rings. The van der Waals surface area contributed by atoms with Crippen molar-refractivity contribution < 1.29 is 23.0 Å². The molecule has 0 bridgehead atoms. The molecule has 6 nitrogen and oxygen atoms in total. The normalized spacial score (nSPS) is 16.8. The highest BCUT2D eigenvalue weighted by Gasteiger charge is 2.29. The molecular weight excluding hydrogens is 332 g/mol. The van der Waals surface area contributed by atoms with Gasteiger partial charge in [0.1, 0.15) is 17.7 Å². The topological polar surface area (TPSA) is 64.6 Å². The minimum atomic E-state index is -0.718. The predicted octanol–water partition coefficient (Wildman–Crippen LogP) is 1.99. The molecule has 1 aliphatic heterocycles. The first-order valence-electron chi connectivity index (χ1n) is 7.80. The second kappa shape index (κ2) is 7.42. The van der Waals surface area contributed by atoms with Crippen molar-refractivity contribution in [3.63, 3.8) is 0 Å². The number of carbonyl (C=O) groups excluding carboxylic acids is 1. The summed E-state index contributed by atoms with van der Waals surface area (Å²) in [6.45, 7) is 0.857. The van der Waals surface area contributed by atoms with Crippen molar-refractivity contribution in [1.82, 2.24) is 14.9 Å². The van der Waals surface area contributed by atoms with Gasteiger partial charge >= 0.3 is 0 Å². The third-order valence-corrected chi connectivity index (χ3v) is 3.96. The van der Waals surface area contributed by atoms with E-state index in [0.717, 1.165) is 12.1 Å². The van der Waals surface area contributed by atoms with E-state index in [4.69, 9.17) is 9.47 Å². The van der Waals surface area contributed by atoms with E-state index >= 15 is 0 Å². The highest BCUT2D eigenvalue weighted by molar-refractivity contribution is 5.79. The maximum absolute atomic E-state index is 13.7. The minimum absolute atomic E-state index is 0.118. The first kappa shape index (κ1) is 17.1. The van der Waals surface area contributed by atoms with Crippen LogP contribution >= 0.6 is 0 Å². The third kappa shape index (κ3) is 4.01. The van der Waals surface area contributed by atoms with E-state index in [1.807, 2.05) is 0 Å². The molecule has 3 rings (SSSR count). The second-order valence-electron chi connectivity index (χ2n) is 5.65. The Morgan fingerprint density at radius 3 is 2.76 bits per heavy atom. The van der Waals surface area contributed by atoms with E-state index in [-0.39, 0.29) is 35.8 Å². The van der Waals surface area contributed by atoms with Gasteiger partial charge in [0, 0.05) is 31.4 Å². The second-order valence-corrected chi connectivity index (χ2v) is 5.65. The zero-order valence-corrected chi connectivity index (χ0v) is 13.6. The van der Waals surface area contributed by atoms with Crippen molar-refractivity contribution >= 4 is 5.91 Å². The summed E-state index contributed by atoms with van der Waals surface area (Å²) in [7, 11) is 1.47. The molecule has 25 heavy (non-hydrogen) atoms. The standard InChI is InChI=1S/C17H17F2N3O3/c1-24-16-17(21-6-5-20-16)25-13-4-7-22(10-13)15(23)8-11-2-3-12(18)9-14(11)19/h2-3,5-6,9,13H,4,7-8,10H2,1H3. The van der Waals surface area contributed by atoms with Crippen molar-refractivity contribution in [2.75, 3.05) is 20.2 Å². The van der Waals surface area contributed by atoms with Gasteiger partial charge in [-0.3, -0.25) is 4.79 Å². The summed E-state index contributed by atoms with van der Waals surface area (Å²) in [4.78, 5) is 22.0. The number of nitrogens with zero attached hydrogens (tertiary/aromatic N) is 3. The molecule has 0 saturated carbocycles. The lowest BCUT2D eigenvalue weighted by atomic mass is 10.1. The smallest absolute Gasteiger partial charge is 0.278 e. The van der Waals surface area contributed by atoms with Crippen LogP contribution in [0.5, 0.6) is 11.8 Å². The number of hydrogen-bond donors (Lipinski definition) is 0. The Morgan fingerprint density at radius 2 is 2.04 bits per heavy atom. The van der Waals surface area contributed by atoms with Crippen LogP contribution in [-0.4, -0.2) is 47.1 Å². The van der Waals surface area contributed by atoms with Gasteiger partial charge in [-0.05, 0) is 11.6 Å². The van der Waals surface area contributed by atoms with Crippen LogP contribution in [0.1, 0.15) is 12.0 Å². The van der Waals surface area contributed by atoms with Crippen LogP contribution in [0.2, 0.25) is 0 Å². The fourth-order valence-corrected chi connectivity index (χ4v) is 2.68. The average molecular weight is 349 g/mol. The third-order valence-electron chi connectivity index (χ3n) is 3.96. The molecule has 1 aliphatic rings. The molecule has 0 N–H and O–H groups in total. The van der Waals surface area contributed by atoms with Gasteiger partial charge in [0.05, 0.1) is 20.1 Å². The van der Waals surface area contributed by atoms with E-state index in [1.165, 1.54) is 25.6 Å². The fraction of sp³-hybridized carbons (Fsp3) is 0.353. The predicted molar refractivity (Wildman–Crippen MR) is 84.3 cm³/mol. The van der Waals surface area contributed by atoms with Crippen LogP contribution in [-0.2, 0) is 11.2 Å². The van der Waals surface area contributed by atoms with Gasteiger partial charge in [0.15, 0.2) is 0 Å². The summed E-state index contributed by atoms with van der Waals surface area (Å²) in [6, 6.07) is 3.21. The number of carbonyl (C=O) groups is 1. The number of amides is 1. The minimum Gasteiger partial charge on any atom is -0.477 e. The van der Waals surface area contributed by atoms with Gasteiger partial charge in [-0.1, -0.05) is 6.07 Å². The van der Waals surface area contributed by atoms with Gasteiger partial charge in [0.25, 0.3) is 11.8 Å². The molecule has 1 atom stereocenters. The molecule has 1 saturated heterocycles. The molecule has 1 amide bonds. The number of likely N-dealkylation sites (tertiary alicyclic amines) is 1. The Hall–Kier alpha value is -2.77. The van der Waals surface area contributed by atoms with Crippen molar-refractivity contribution in [3.8, 4) is 11.8 Å². The summed E-state index contributed by atoms with van der Waals surface area (Å²) in [6.07, 6.45) is 3.25. The molecule has 0 aliphatic carbocycles. The van der Waals surface area contributed by atoms with Crippen LogP contribution in [0, 0.1) is 11.6 Å². The Labute approximate surface area is 143 Å². The lowest BCUT2D eigenvalue weighted by Crippen LogP contribution is -2.32. The Balaban J connectivity index is 1.59. The Kier molecular flexibility index (Phi) is 5.06. The summed E-state index contributed by atoms with van der Waals surface area (Å²) in [5, 5.41) is 0. The lowest BCUT2D eigenvalue weighted by molar-refractivity contribution is -0.129. The maximum Gasteiger partial charge on any atom is 0.278 e. The van der Waals surface area contributed by atoms with E-state index in [0.29, 0.717) is 19.5 Å². The monoisotopic (exact) mass is 349 g/mol. The number of hydrogen-bond acceptors (Lipinski definition) is 5. The van der Waals surface area contributed by atoms with Gasteiger partial charge in [-0.15, -0.1) is 0 Å². The number of halogens is 2. The zero-order valence-electron chi connectivity index (χ0n) is 13.6. The fourth-order valence-electron chi connectivity index (χ4n) is 2.68. The van der Waals surface area contributed by atoms with Gasteiger partial charge < -0.3 is 14.4 Å². The van der Waals surface area contributed by atoms with Crippen LogP contribution in [0.15, 0.2) is 30.6 Å². The summed E-state index contributed by atoms with van der Waals surface area (Å²) in [5.74, 6) is -1.07. The van der Waals surface area contributed by atoms with Crippen LogP contribution in [0.25, 0.3) is 0 Å². The zero-order chi connectivity index (χ0) is 17.8. The van der Waals surface area contributed by atoms with Crippen LogP contribution < -0.4 is 9.47 Å². The van der Waals surface area contributed by atoms with Crippen LogP contribution in [0.3, 0.4) is 0 Å². The van der Waals surface area contributed by atoms with Crippen molar-refractivity contribution in [2.45, 2.75) is 18.9 Å². The van der Waals surface area contributed by atoms with Crippen LogP contribution in [0.4, 0.5) is 8.78 Å². The lowest BCUT2D eigenvalue weighted by Gasteiger charge is -2.17. The van der Waals surface area contributed by atoms with E-state index in [1.54, 1.807) is 4.90 Å². The molecule has 1 aromatic carbocycles. The molecule has 1 aromatic heterocycles. The average Bonchev–Trinajstić information content (AvgIpc) is 3.06. The maximum atomic E-state index is 13.7. The SMILES string of the molecule is COc1nccnc1OC1CCN(C(=O)Cc2ccc(F)cc2F)C1. The quantitative estimate of drug-likeness (QED) is 0.826.